The Morgan fingerprint density at radius 3 is 2.94 bits per heavy atom. The Morgan fingerprint density at radius 2 is 2.22 bits per heavy atom. The molecule has 1 amide bonds. The van der Waals surface area contributed by atoms with Gasteiger partial charge in [0.05, 0.1) is 12.0 Å². The Kier molecular flexibility index (Phi) is 4.75. The van der Waals surface area contributed by atoms with Crippen molar-refractivity contribution in [2.75, 3.05) is 26.2 Å². The molecule has 1 fully saturated rings. The average Bonchev–Trinajstić information content (AvgIpc) is 3.00. The van der Waals surface area contributed by atoms with Crippen LogP contribution in [0.2, 0.25) is 0 Å². The molecule has 0 aromatic carbocycles. The van der Waals surface area contributed by atoms with E-state index >= 15 is 0 Å². The zero-order chi connectivity index (χ0) is 12.8. The van der Waals surface area contributed by atoms with E-state index in [1.807, 2.05) is 15.7 Å². The van der Waals surface area contributed by atoms with Crippen LogP contribution in [0.3, 0.4) is 0 Å². The summed E-state index contributed by atoms with van der Waals surface area (Å²) in [5, 5.41) is 3.27. The largest absolute Gasteiger partial charge is 0.341 e. The molecule has 0 spiro atoms. The summed E-state index contributed by atoms with van der Waals surface area (Å²) in [5.74, 6) is 0.211. The van der Waals surface area contributed by atoms with Gasteiger partial charge in [0.25, 0.3) is 0 Å². The molecule has 1 aromatic heterocycles. The van der Waals surface area contributed by atoms with Crippen LogP contribution in [0, 0.1) is 0 Å². The lowest BCUT2D eigenvalue weighted by Crippen LogP contribution is -2.30. The van der Waals surface area contributed by atoms with Crippen molar-refractivity contribution in [1.82, 2.24) is 19.8 Å². The molecule has 0 aliphatic carbocycles. The molecule has 2 rings (SSSR count). The number of imidazole rings is 1. The third-order valence-corrected chi connectivity index (χ3v) is 3.27. The number of rotatable bonds is 6. The number of nitrogens with one attached hydrogen (secondary N) is 1. The zero-order valence-electron chi connectivity index (χ0n) is 11.1. The van der Waals surface area contributed by atoms with Crippen molar-refractivity contribution in [3.8, 4) is 0 Å². The molecule has 0 unspecified atom stereocenters. The normalized spacial score (nSPS) is 15.3. The lowest BCUT2D eigenvalue weighted by molar-refractivity contribution is -0.130. The molecule has 5 heteroatoms. The Hall–Kier alpha value is -1.36. The predicted molar refractivity (Wildman–Crippen MR) is 70.3 cm³/mol. The molecule has 1 aromatic rings. The first-order valence-corrected chi connectivity index (χ1v) is 6.78. The van der Waals surface area contributed by atoms with Gasteiger partial charge in [-0.1, -0.05) is 6.92 Å². The topological polar surface area (TPSA) is 50.2 Å². The molecule has 1 N–H and O–H groups in total. The van der Waals surface area contributed by atoms with E-state index in [2.05, 4.69) is 17.2 Å². The van der Waals surface area contributed by atoms with E-state index in [-0.39, 0.29) is 5.91 Å². The molecule has 18 heavy (non-hydrogen) atoms. The SMILES string of the molecule is CCNCCc1cn(CC(=O)N2CCCC2)cn1. The molecule has 0 atom stereocenters. The Bertz CT molecular complexity index is 382. The van der Waals surface area contributed by atoms with Crippen molar-refractivity contribution in [3.05, 3.63) is 18.2 Å². The summed E-state index contributed by atoms with van der Waals surface area (Å²) in [6, 6.07) is 0. The number of carbonyl (C=O) groups excluding carboxylic acids is 1. The van der Waals surface area contributed by atoms with Crippen LogP contribution < -0.4 is 5.32 Å². The smallest absolute Gasteiger partial charge is 0.242 e. The van der Waals surface area contributed by atoms with Crippen molar-refractivity contribution in [2.45, 2.75) is 32.7 Å². The quantitative estimate of drug-likeness (QED) is 0.755. The minimum absolute atomic E-state index is 0.211. The highest BCUT2D eigenvalue weighted by molar-refractivity contribution is 5.76. The van der Waals surface area contributed by atoms with Crippen LogP contribution in [0.4, 0.5) is 0 Å². The highest BCUT2D eigenvalue weighted by Crippen LogP contribution is 2.08. The summed E-state index contributed by atoms with van der Waals surface area (Å²) < 4.78 is 1.89. The Morgan fingerprint density at radius 1 is 1.44 bits per heavy atom. The predicted octanol–water partition coefficient (Wildman–Crippen LogP) is 0.657. The third kappa shape index (κ3) is 3.57. The van der Waals surface area contributed by atoms with Gasteiger partial charge < -0.3 is 14.8 Å². The molecule has 2 heterocycles. The summed E-state index contributed by atoms with van der Waals surface area (Å²) in [6.07, 6.45) is 6.94. The number of likely N-dealkylation sites (tertiary alicyclic amines) is 1. The van der Waals surface area contributed by atoms with Gasteiger partial charge in [-0.25, -0.2) is 4.98 Å². The van der Waals surface area contributed by atoms with Crippen LogP contribution in [0.15, 0.2) is 12.5 Å². The zero-order valence-corrected chi connectivity index (χ0v) is 11.1. The number of hydrogen-bond donors (Lipinski definition) is 1. The number of nitrogens with zero attached hydrogens (tertiary/aromatic N) is 3. The molecule has 0 saturated carbocycles. The molecule has 0 bridgehead atoms. The van der Waals surface area contributed by atoms with E-state index < -0.39 is 0 Å². The second-order valence-corrected chi connectivity index (χ2v) is 4.73. The second kappa shape index (κ2) is 6.54. The van der Waals surface area contributed by atoms with E-state index in [4.69, 9.17) is 0 Å². The first-order chi connectivity index (χ1) is 8.79. The number of likely N-dealkylation sites (N-methyl/N-ethyl adjacent to an activating group) is 1. The summed E-state index contributed by atoms with van der Waals surface area (Å²) in [4.78, 5) is 18.2. The van der Waals surface area contributed by atoms with Crippen LogP contribution in [0.5, 0.6) is 0 Å². The fraction of sp³-hybridized carbons (Fsp3) is 0.692. The monoisotopic (exact) mass is 250 g/mol. The molecule has 0 radical (unpaired) electrons. The van der Waals surface area contributed by atoms with Crippen molar-refractivity contribution >= 4 is 5.91 Å². The minimum Gasteiger partial charge on any atom is -0.341 e. The highest BCUT2D eigenvalue weighted by Gasteiger charge is 2.17. The van der Waals surface area contributed by atoms with Crippen LogP contribution in [0.1, 0.15) is 25.5 Å². The van der Waals surface area contributed by atoms with Crippen LogP contribution in [-0.4, -0.2) is 46.5 Å². The van der Waals surface area contributed by atoms with Gasteiger partial charge >= 0.3 is 0 Å². The summed E-state index contributed by atoms with van der Waals surface area (Å²) in [5.41, 5.74) is 1.05. The number of aromatic nitrogens is 2. The molecule has 1 aliphatic rings. The number of hydrogen-bond acceptors (Lipinski definition) is 3. The van der Waals surface area contributed by atoms with Gasteiger partial charge in [0.15, 0.2) is 0 Å². The van der Waals surface area contributed by atoms with Gasteiger partial charge in [0.1, 0.15) is 6.54 Å². The van der Waals surface area contributed by atoms with E-state index in [9.17, 15) is 4.79 Å². The van der Waals surface area contributed by atoms with Crippen molar-refractivity contribution in [3.63, 3.8) is 0 Å². The van der Waals surface area contributed by atoms with Crippen molar-refractivity contribution in [1.29, 1.82) is 0 Å². The molecular formula is C13H22N4O. The molecule has 1 aliphatic heterocycles. The molecule has 5 nitrogen and oxygen atoms in total. The molecule has 1 saturated heterocycles. The van der Waals surface area contributed by atoms with Gasteiger partial charge in [-0.2, -0.15) is 0 Å². The molecular weight excluding hydrogens is 228 g/mol. The molecule has 100 valence electrons. The van der Waals surface area contributed by atoms with Gasteiger partial charge in [-0.3, -0.25) is 4.79 Å². The van der Waals surface area contributed by atoms with Crippen LogP contribution in [0.25, 0.3) is 0 Å². The van der Waals surface area contributed by atoms with Gasteiger partial charge in [0, 0.05) is 32.3 Å². The fourth-order valence-corrected chi connectivity index (χ4v) is 2.24. The van der Waals surface area contributed by atoms with Gasteiger partial charge in [-0.05, 0) is 19.4 Å². The van der Waals surface area contributed by atoms with Crippen LogP contribution in [-0.2, 0) is 17.8 Å². The Balaban J connectivity index is 1.80. The maximum atomic E-state index is 11.9. The summed E-state index contributed by atoms with van der Waals surface area (Å²) in [7, 11) is 0. The van der Waals surface area contributed by atoms with Gasteiger partial charge in [-0.15, -0.1) is 0 Å². The fourth-order valence-electron chi connectivity index (χ4n) is 2.24. The van der Waals surface area contributed by atoms with E-state index in [0.29, 0.717) is 6.54 Å². The van der Waals surface area contributed by atoms with E-state index in [0.717, 1.165) is 51.1 Å². The van der Waals surface area contributed by atoms with Crippen LogP contribution >= 0.6 is 0 Å². The standard InChI is InChI=1S/C13H22N4O/c1-2-14-6-5-12-9-16(11-15-12)10-13(18)17-7-3-4-8-17/h9,11,14H,2-8,10H2,1H3. The lowest BCUT2D eigenvalue weighted by atomic mass is 10.3. The van der Waals surface area contributed by atoms with Gasteiger partial charge in [0.2, 0.25) is 5.91 Å². The number of amides is 1. The lowest BCUT2D eigenvalue weighted by Gasteiger charge is -2.14. The first-order valence-electron chi connectivity index (χ1n) is 6.78. The summed E-state index contributed by atoms with van der Waals surface area (Å²) in [6.45, 7) is 6.27. The second-order valence-electron chi connectivity index (χ2n) is 4.73. The number of carbonyl (C=O) groups is 1. The van der Waals surface area contributed by atoms with Crippen molar-refractivity contribution < 1.29 is 4.79 Å². The summed E-state index contributed by atoms with van der Waals surface area (Å²) >= 11 is 0. The maximum absolute atomic E-state index is 11.9. The maximum Gasteiger partial charge on any atom is 0.242 e. The third-order valence-electron chi connectivity index (χ3n) is 3.27. The highest BCUT2D eigenvalue weighted by atomic mass is 16.2. The van der Waals surface area contributed by atoms with E-state index in [1.165, 1.54) is 0 Å². The minimum atomic E-state index is 0.211. The van der Waals surface area contributed by atoms with Crippen molar-refractivity contribution in [2.24, 2.45) is 0 Å². The Labute approximate surface area is 108 Å². The van der Waals surface area contributed by atoms with E-state index in [1.54, 1.807) is 6.33 Å². The average molecular weight is 250 g/mol. The first kappa shape index (κ1) is 13.1.